The van der Waals surface area contributed by atoms with Gasteiger partial charge in [-0.3, -0.25) is 9.69 Å². The first-order valence-electron chi connectivity index (χ1n) is 7.24. The van der Waals surface area contributed by atoms with Crippen LogP contribution in [0.2, 0.25) is 0 Å². The number of aliphatic carboxylic acids is 1. The third-order valence-corrected chi connectivity index (χ3v) is 5.68. The number of hydrogen-bond acceptors (Lipinski definition) is 4. The molecule has 110 valence electrons. The van der Waals surface area contributed by atoms with E-state index >= 15 is 0 Å². The molecule has 3 rings (SSSR count). The predicted molar refractivity (Wildman–Crippen MR) is 78.1 cm³/mol. The zero-order valence-electron chi connectivity index (χ0n) is 11.8. The molecule has 0 aliphatic carbocycles. The van der Waals surface area contributed by atoms with E-state index in [-0.39, 0.29) is 0 Å². The lowest BCUT2D eigenvalue weighted by atomic mass is 9.81. The zero-order chi connectivity index (χ0) is 14.2. The largest absolute Gasteiger partial charge is 0.481 e. The number of carboxylic acids is 1. The minimum atomic E-state index is -0.722. The quantitative estimate of drug-likeness (QED) is 0.931. The van der Waals surface area contributed by atoms with Crippen molar-refractivity contribution in [3.05, 3.63) is 21.9 Å². The molecule has 3 heterocycles. The lowest BCUT2D eigenvalue weighted by Gasteiger charge is -2.41. The van der Waals surface area contributed by atoms with Crippen LogP contribution in [-0.4, -0.2) is 42.3 Å². The summed E-state index contributed by atoms with van der Waals surface area (Å²) in [4.78, 5) is 15.5. The molecular formula is C15H21NO3S. The molecule has 1 aromatic heterocycles. The van der Waals surface area contributed by atoms with E-state index in [2.05, 4.69) is 23.3 Å². The SMILES string of the molecule is CC1c2ccsc2CCN1CC1(C(=O)O)CCCOC1. The Kier molecular flexibility index (Phi) is 3.84. The lowest BCUT2D eigenvalue weighted by molar-refractivity contribution is -0.160. The molecule has 0 radical (unpaired) electrons. The smallest absolute Gasteiger partial charge is 0.313 e. The van der Waals surface area contributed by atoms with E-state index in [1.165, 1.54) is 10.4 Å². The molecule has 0 saturated carbocycles. The highest BCUT2D eigenvalue weighted by molar-refractivity contribution is 7.10. The number of nitrogens with zero attached hydrogens (tertiary/aromatic N) is 1. The first-order valence-corrected chi connectivity index (χ1v) is 8.12. The van der Waals surface area contributed by atoms with Crippen molar-refractivity contribution in [2.24, 2.45) is 5.41 Å². The van der Waals surface area contributed by atoms with Gasteiger partial charge in [0.15, 0.2) is 0 Å². The third kappa shape index (κ3) is 2.38. The van der Waals surface area contributed by atoms with Gasteiger partial charge in [-0.25, -0.2) is 0 Å². The van der Waals surface area contributed by atoms with Gasteiger partial charge in [0.25, 0.3) is 0 Å². The first kappa shape index (κ1) is 14.0. The summed E-state index contributed by atoms with van der Waals surface area (Å²) in [6.45, 7) is 4.77. The second kappa shape index (κ2) is 5.47. The molecule has 0 spiro atoms. The Hall–Kier alpha value is -0.910. The van der Waals surface area contributed by atoms with Crippen molar-refractivity contribution in [1.29, 1.82) is 0 Å². The number of carboxylic acid groups (broad SMARTS) is 1. The molecular weight excluding hydrogens is 274 g/mol. The monoisotopic (exact) mass is 295 g/mol. The van der Waals surface area contributed by atoms with Crippen LogP contribution in [0.5, 0.6) is 0 Å². The summed E-state index contributed by atoms with van der Waals surface area (Å²) < 4.78 is 5.47. The summed E-state index contributed by atoms with van der Waals surface area (Å²) in [5.74, 6) is -0.708. The number of rotatable bonds is 3. The van der Waals surface area contributed by atoms with E-state index in [1.54, 1.807) is 0 Å². The van der Waals surface area contributed by atoms with Crippen molar-refractivity contribution < 1.29 is 14.6 Å². The molecule has 2 unspecified atom stereocenters. The maximum atomic E-state index is 11.7. The van der Waals surface area contributed by atoms with Crippen molar-refractivity contribution in [1.82, 2.24) is 4.90 Å². The fourth-order valence-corrected chi connectivity index (χ4v) is 4.34. The average Bonchev–Trinajstić information content (AvgIpc) is 2.92. The van der Waals surface area contributed by atoms with Gasteiger partial charge in [0.1, 0.15) is 5.41 Å². The highest BCUT2D eigenvalue weighted by atomic mass is 32.1. The molecule has 1 aromatic rings. The van der Waals surface area contributed by atoms with E-state index < -0.39 is 11.4 Å². The van der Waals surface area contributed by atoms with Crippen LogP contribution in [0.25, 0.3) is 0 Å². The number of fused-ring (bicyclic) bond motifs is 1. The van der Waals surface area contributed by atoms with Crippen LogP contribution in [0.4, 0.5) is 0 Å². The molecule has 2 aliphatic heterocycles. The van der Waals surface area contributed by atoms with Crippen molar-refractivity contribution in [2.45, 2.75) is 32.2 Å². The molecule has 0 aromatic carbocycles. The Bertz CT molecular complexity index is 493. The lowest BCUT2D eigenvalue weighted by Crippen LogP contribution is -2.50. The summed E-state index contributed by atoms with van der Waals surface area (Å²) in [5.41, 5.74) is 0.651. The van der Waals surface area contributed by atoms with Gasteiger partial charge in [0.05, 0.1) is 6.61 Å². The van der Waals surface area contributed by atoms with Crippen LogP contribution in [-0.2, 0) is 16.0 Å². The molecule has 20 heavy (non-hydrogen) atoms. The third-order valence-electron chi connectivity index (χ3n) is 4.69. The summed E-state index contributed by atoms with van der Waals surface area (Å²) in [6, 6.07) is 2.49. The summed E-state index contributed by atoms with van der Waals surface area (Å²) in [7, 11) is 0. The Labute approximate surface area is 123 Å². The first-order chi connectivity index (χ1) is 9.62. The van der Waals surface area contributed by atoms with Gasteiger partial charge in [-0.1, -0.05) is 0 Å². The van der Waals surface area contributed by atoms with Crippen LogP contribution in [0, 0.1) is 5.41 Å². The predicted octanol–water partition coefficient (Wildman–Crippen LogP) is 2.55. The molecule has 1 saturated heterocycles. The number of hydrogen-bond donors (Lipinski definition) is 1. The standard InChI is InChI=1S/C15H21NO3S/c1-11-12-4-8-20-13(12)3-6-16(11)9-15(14(17)18)5-2-7-19-10-15/h4,8,11H,2-3,5-7,9-10H2,1H3,(H,17,18). The van der Waals surface area contributed by atoms with Crippen molar-refractivity contribution in [3.8, 4) is 0 Å². The van der Waals surface area contributed by atoms with E-state index in [0.29, 0.717) is 25.8 Å². The van der Waals surface area contributed by atoms with Gasteiger partial charge in [-0.05, 0) is 43.2 Å². The van der Waals surface area contributed by atoms with E-state index in [4.69, 9.17) is 4.74 Å². The maximum Gasteiger partial charge on any atom is 0.313 e. The summed E-state index contributed by atoms with van der Waals surface area (Å²) in [5, 5.41) is 11.8. The summed E-state index contributed by atoms with van der Waals surface area (Å²) >= 11 is 1.81. The topological polar surface area (TPSA) is 49.8 Å². The molecule has 2 atom stereocenters. The number of carbonyl (C=O) groups is 1. The molecule has 1 N–H and O–H groups in total. The van der Waals surface area contributed by atoms with E-state index in [0.717, 1.165) is 25.8 Å². The second-order valence-corrected chi connectivity index (χ2v) is 6.94. The van der Waals surface area contributed by atoms with Gasteiger partial charge in [0, 0.05) is 30.6 Å². The molecule has 5 heteroatoms. The van der Waals surface area contributed by atoms with Gasteiger partial charge in [-0.2, -0.15) is 0 Å². The Morgan fingerprint density at radius 3 is 3.20 bits per heavy atom. The molecule has 0 amide bonds. The normalized spacial score (nSPS) is 30.9. The van der Waals surface area contributed by atoms with Crippen LogP contribution < -0.4 is 0 Å². The van der Waals surface area contributed by atoms with Gasteiger partial charge in [-0.15, -0.1) is 11.3 Å². The van der Waals surface area contributed by atoms with Crippen LogP contribution in [0.15, 0.2) is 11.4 Å². The van der Waals surface area contributed by atoms with Crippen LogP contribution in [0.1, 0.15) is 36.2 Å². The van der Waals surface area contributed by atoms with Crippen molar-refractivity contribution in [3.63, 3.8) is 0 Å². The summed E-state index contributed by atoms with van der Waals surface area (Å²) in [6.07, 6.45) is 2.61. The minimum absolute atomic E-state index is 0.308. The Morgan fingerprint density at radius 2 is 2.50 bits per heavy atom. The average molecular weight is 295 g/mol. The molecule has 4 nitrogen and oxygen atoms in total. The van der Waals surface area contributed by atoms with Gasteiger partial charge in [0.2, 0.25) is 0 Å². The molecule has 1 fully saturated rings. The fourth-order valence-electron chi connectivity index (χ4n) is 3.38. The van der Waals surface area contributed by atoms with Gasteiger partial charge < -0.3 is 9.84 Å². The minimum Gasteiger partial charge on any atom is -0.481 e. The van der Waals surface area contributed by atoms with Crippen molar-refractivity contribution in [2.75, 3.05) is 26.3 Å². The van der Waals surface area contributed by atoms with Gasteiger partial charge >= 0.3 is 5.97 Å². The number of thiophene rings is 1. The van der Waals surface area contributed by atoms with Crippen LogP contribution in [0.3, 0.4) is 0 Å². The highest BCUT2D eigenvalue weighted by Crippen LogP contribution is 2.37. The van der Waals surface area contributed by atoms with Crippen molar-refractivity contribution >= 4 is 17.3 Å². The van der Waals surface area contributed by atoms with E-state index in [9.17, 15) is 9.90 Å². The highest BCUT2D eigenvalue weighted by Gasteiger charge is 2.43. The Morgan fingerprint density at radius 1 is 1.65 bits per heavy atom. The fraction of sp³-hybridized carbons (Fsp3) is 0.667. The molecule has 2 aliphatic rings. The maximum absolute atomic E-state index is 11.7. The van der Waals surface area contributed by atoms with E-state index in [1.807, 2.05) is 11.3 Å². The zero-order valence-corrected chi connectivity index (χ0v) is 12.6. The van der Waals surface area contributed by atoms with Crippen LogP contribution >= 0.6 is 11.3 Å². The molecule has 0 bridgehead atoms. The second-order valence-electron chi connectivity index (χ2n) is 5.94. The Balaban J connectivity index is 1.78. The number of ether oxygens (including phenoxy) is 1.